The third-order valence-electron chi connectivity index (χ3n) is 9.49. The van der Waals surface area contributed by atoms with Crippen LogP contribution in [0.1, 0.15) is 119 Å². The minimum Gasteiger partial charge on any atom is -0.0654 e. The topological polar surface area (TPSA) is 0 Å². The van der Waals surface area contributed by atoms with Crippen LogP contribution in [-0.2, 0) is 0 Å². The second-order valence-corrected chi connectivity index (χ2v) is 10.5. The molecule has 0 amide bonds. The van der Waals surface area contributed by atoms with Gasteiger partial charge in [0, 0.05) is 0 Å². The minimum absolute atomic E-state index is 0.600. The van der Waals surface area contributed by atoms with Crippen molar-refractivity contribution >= 4 is 0 Å². The van der Waals surface area contributed by atoms with Gasteiger partial charge in [-0.05, 0) is 78.9 Å². The number of rotatable bonds is 8. The second kappa shape index (κ2) is 8.79. The molecule has 0 aromatic rings. The van der Waals surface area contributed by atoms with Crippen molar-refractivity contribution < 1.29 is 0 Å². The van der Waals surface area contributed by atoms with E-state index in [9.17, 15) is 0 Å². The van der Waals surface area contributed by atoms with E-state index >= 15 is 0 Å². The van der Waals surface area contributed by atoms with Gasteiger partial charge in [-0.2, -0.15) is 0 Å². The van der Waals surface area contributed by atoms with E-state index in [2.05, 4.69) is 48.5 Å². The summed E-state index contributed by atoms with van der Waals surface area (Å²) in [5.41, 5.74) is 1.21. The quantitative estimate of drug-likeness (QED) is 0.412. The Morgan fingerprint density at radius 1 is 0.760 bits per heavy atom. The lowest BCUT2D eigenvalue weighted by atomic mass is 9.53. The maximum atomic E-state index is 2.69. The van der Waals surface area contributed by atoms with Crippen LogP contribution in [0.2, 0.25) is 0 Å². The summed E-state index contributed by atoms with van der Waals surface area (Å²) in [5.74, 6) is 4.77. The molecule has 148 valence electrons. The van der Waals surface area contributed by atoms with Crippen LogP contribution in [0.4, 0.5) is 0 Å². The molecule has 0 radical (unpaired) electrons. The molecule has 0 N–H and O–H groups in total. The van der Waals surface area contributed by atoms with Crippen LogP contribution < -0.4 is 0 Å². The van der Waals surface area contributed by atoms with Gasteiger partial charge in [0.25, 0.3) is 0 Å². The van der Waals surface area contributed by atoms with Gasteiger partial charge in [-0.1, -0.05) is 80.6 Å². The molecule has 25 heavy (non-hydrogen) atoms. The maximum absolute atomic E-state index is 2.69. The molecular weight excluding hydrogens is 300 g/mol. The van der Waals surface area contributed by atoms with Crippen molar-refractivity contribution in [1.29, 1.82) is 0 Å². The first kappa shape index (κ1) is 21.3. The fraction of sp³-hybridized carbons (Fsp3) is 1.00. The third kappa shape index (κ3) is 4.14. The molecule has 2 aliphatic carbocycles. The predicted molar refractivity (Wildman–Crippen MR) is 113 cm³/mol. The normalized spacial score (nSPS) is 45.0. The van der Waals surface area contributed by atoms with Gasteiger partial charge >= 0.3 is 0 Å². The molecule has 2 rings (SSSR count). The van der Waals surface area contributed by atoms with E-state index in [1.54, 1.807) is 0 Å². The first-order valence-corrected chi connectivity index (χ1v) is 11.8. The van der Waals surface area contributed by atoms with Crippen molar-refractivity contribution in [1.82, 2.24) is 0 Å². The summed E-state index contributed by atoms with van der Waals surface area (Å²) in [7, 11) is 0. The molecule has 0 nitrogen and oxygen atoms in total. The zero-order valence-corrected chi connectivity index (χ0v) is 18.7. The third-order valence-corrected chi connectivity index (χ3v) is 9.49. The molecule has 0 aromatic carbocycles. The Balaban J connectivity index is 2.15. The fourth-order valence-electron chi connectivity index (χ4n) is 7.28. The Hall–Kier alpha value is 0. The molecule has 2 fully saturated rings. The monoisotopic (exact) mass is 348 g/mol. The Morgan fingerprint density at radius 3 is 1.96 bits per heavy atom. The lowest BCUT2D eigenvalue weighted by molar-refractivity contribution is -0.0247. The van der Waals surface area contributed by atoms with E-state index in [0.717, 1.165) is 29.6 Å². The highest BCUT2D eigenvalue weighted by Crippen LogP contribution is 2.57. The second-order valence-electron chi connectivity index (χ2n) is 10.5. The Bertz CT molecular complexity index is 399. The van der Waals surface area contributed by atoms with Crippen molar-refractivity contribution in [2.75, 3.05) is 0 Å². The van der Waals surface area contributed by atoms with Crippen LogP contribution in [0.15, 0.2) is 0 Å². The van der Waals surface area contributed by atoms with Crippen molar-refractivity contribution in [3.05, 3.63) is 0 Å². The van der Waals surface area contributed by atoms with Gasteiger partial charge in [-0.25, -0.2) is 0 Å². The Labute approximate surface area is 159 Å². The molecule has 0 saturated heterocycles. The van der Waals surface area contributed by atoms with Crippen LogP contribution >= 0.6 is 0 Å². The van der Waals surface area contributed by atoms with Gasteiger partial charge in [-0.3, -0.25) is 0 Å². The summed E-state index contributed by atoms with van der Waals surface area (Å²) in [4.78, 5) is 0. The lowest BCUT2D eigenvalue weighted by Crippen LogP contribution is -2.43. The molecule has 0 aromatic heterocycles. The van der Waals surface area contributed by atoms with Gasteiger partial charge < -0.3 is 0 Å². The smallest absolute Gasteiger partial charge is 0.0267 e. The van der Waals surface area contributed by atoms with E-state index in [0.29, 0.717) is 10.8 Å². The molecule has 0 aliphatic heterocycles. The van der Waals surface area contributed by atoms with E-state index in [4.69, 9.17) is 0 Å². The van der Waals surface area contributed by atoms with Gasteiger partial charge in [0.15, 0.2) is 0 Å². The molecule has 0 bridgehead atoms. The highest BCUT2D eigenvalue weighted by atomic mass is 14.5. The van der Waals surface area contributed by atoms with Crippen LogP contribution in [0.5, 0.6) is 0 Å². The number of hydrogen-bond donors (Lipinski definition) is 0. The summed E-state index contributed by atoms with van der Waals surface area (Å²) < 4.78 is 0. The van der Waals surface area contributed by atoms with Crippen LogP contribution in [0.3, 0.4) is 0 Å². The SMILES string of the molecule is CCCCC1(C)C(CC)CC[C@@H](C)C1CCC1(C)C(C)CCC1CC. The van der Waals surface area contributed by atoms with Crippen molar-refractivity contribution in [2.45, 2.75) is 119 Å². The summed E-state index contributed by atoms with van der Waals surface area (Å²) in [6.45, 7) is 17.7. The van der Waals surface area contributed by atoms with Crippen molar-refractivity contribution in [3.8, 4) is 0 Å². The molecule has 0 heteroatoms. The lowest BCUT2D eigenvalue weighted by Gasteiger charge is -2.52. The zero-order valence-electron chi connectivity index (χ0n) is 18.7. The van der Waals surface area contributed by atoms with Crippen molar-refractivity contribution in [2.24, 2.45) is 40.4 Å². The molecule has 0 spiro atoms. The Morgan fingerprint density at radius 2 is 1.36 bits per heavy atom. The highest BCUT2D eigenvalue weighted by Gasteiger charge is 2.48. The maximum Gasteiger partial charge on any atom is -0.0267 e. The van der Waals surface area contributed by atoms with E-state index in [1.165, 1.54) is 70.6 Å². The average molecular weight is 349 g/mol. The van der Waals surface area contributed by atoms with Crippen LogP contribution in [-0.4, -0.2) is 0 Å². The average Bonchev–Trinajstić information content (AvgIpc) is 2.87. The summed E-state index contributed by atoms with van der Waals surface area (Å²) in [5, 5.41) is 0. The minimum atomic E-state index is 0.600. The summed E-state index contributed by atoms with van der Waals surface area (Å²) >= 11 is 0. The van der Waals surface area contributed by atoms with E-state index in [-0.39, 0.29) is 0 Å². The predicted octanol–water partition coefficient (Wildman–Crippen LogP) is 8.50. The van der Waals surface area contributed by atoms with Crippen molar-refractivity contribution in [3.63, 3.8) is 0 Å². The molecular formula is C25H48. The standard InChI is InChI=1S/C25H48/c1-8-11-17-25(7)22(10-3)14-12-19(4)23(25)16-18-24(6)20(5)13-15-21(24)9-2/h19-23H,8-18H2,1-7H3/t19-,20?,21?,22?,23?,24?,25?/m1/s1. The number of unbranched alkanes of at least 4 members (excludes halogenated alkanes) is 1. The van der Waals surface area contributed by atoms with Crippen LogP contribution in [0.25, 0.3) is 0 Å². The molecule has 6 unspecified atom stereocenters. The van der Waals surface area contributed by atoms with Gasteiger partial charge in [0.1, 0.15) is 0 Å². The van der Waals surface area contributed by atoms with Gasteiger partial charge in [0.05, 0.1) is 0 Å². The fourth-order valence-corrected chi connectivity index (χ4v) is 7.28. The Kier molecular flexibility index (Phi) is 7.49. The molecule has 0 heterocycles. The highest BCUT2D eigenvalue weighted by molar-refractivity contribution is 4.98. The first-order valence-electron chi connectivity index (χ1n) is 11.8. The summed E-state index contributed by atoms with van der Waals surface area (Å²) in [6.07, 6.45) is 16.0. The van der Waals surface area contributed by atoms with Crippen LogP contribution in [0, 0.1) is 40.4 Å². The largest absolute Gasteiger partial charge is 0.0654 e. The number of hydrogen-bond acceptors (Lipinski definition) is 0. The molecule has 7 atom stereocenters. The molecule has 2 saturated carbocycles. The zero-order chi connectivity index (χ0) is 18.7. The van der Waals surface area contributed by atoms with E-state index < -0.39 is 0 Å². The van der Waals surface area contributed by atoms with E-state index in [1.807, 2.05) is 0 Å². The first-order chi connectivity index (χ1) is 11.8. The van der Waals surface area contributed by atoms with Gasteiger partial charge in [-0.15, -0.1) is 0 Å². The van der Waals surface area contributed by atoms with Gasteiger partial charge in [0.2, 0.25) is 0 Å². The molecule has 2 aliphatic rings. The summed E-state index contributed by atoms with van der Waals surface area (Å²) in [6, 6.07) is 0.